The molecule has 0 saturated carbocycles. The van der Waals surface area contributed by atoms with Gasteiger partial charge in [-0.25, -0.2) is 4.68 Å². The summed E-state index contributed by atoms with van der Waals surface area (Å²) in [5.74, 6) is 0.648. The van der Waals surface area contributed by atoms with Crippen LogP contribution in [0.15, 0.2) is 11.0 Å². The van der Waals surface area contributed by atoms with Crippen molar-refractivity contribution in [2.75, 3.05) is 5.32 Å². The third-order valence-corrected chi connectivity index (χ3v) is 3.64. The Hall–Kier alpha value is -1.03. The number of aromatic nitrogens is 2. The number of hydrogen-bond acceptors (Lipinski definition) is 3. The van der Waals surface area contributed by atoms with Gasteiger partial charge in [0.2, 0.25) is 0 Å². The molecule has 0 amide bonds. The highest BCUT2D eigenvalue weighted by Gasteiger charge is 2.12. The average molecular weight is 286 g/mol. The van der Waals surface area contributed by atoms with Crippen molar-refractivity contribution in [1.82, 2.24) is 9.78 Å². The van der Waals surface area contributed by atoms with Crippen LogP contribution in [-0.2, 0) is 6.54 Å². The van der Waals surface area contributed by atoms with Crippen molar-refractivity contribution in [3.63, 3.8) is 0 Å². The van der Waals surface area contributed by atoms with Crippen LogP contribution in [0.3, 0.4) is 0 Å². The SMILES string of the molecule is CCCn1ncc(NC(C)CC(C)CC)c(Cl)c1=O. The van der Waals surface area contributed by atoms with Crippen LogP contribution in [0, 0.1) is 5.92 Å². The molecule has 0 fully saturated rings. The first kappa shape index (κ1) is 16.0. The van der Waals surface area contributed by atoms with Crippen LogP contribution < -0.4 is 10.9 Å². The molecule has 19 heavy (non-hydrogen) atoms. The van der Waals surface area contributed by atoms with E-state index in [1.165, 1.54) is 4.68 Å². The third kappa shape index (κ3) is 4.53. The van der Waals surface area contributed by atoms with Gasteiger partial charge >= 0.3 is 0 Å². The van der Waals surface area contributed by atoms with Crippen molar-refractivity contribution in [2.24, 2.45) is 5.92 Å². The van der Waals surface area contributed by atoms with Crippen molar-refractivity contribution in [3.05, 3.63) is 21.6 Å². The van der Waals surface area contributed by atoms with E-state index in [2.05, 4.69) is 31.2 Å². The maximum atomic E-state index is 12.0. The zero-order valence-electron chi connectivity index (χ0n) is 12.2. The van der Waals surface area contributed by atoms with Gasteiger partial charge < -0.3 is 5.32 Å². The van der Waals surface area contributed by atoms with Crippen LogP contribution in [0.4, 0.5) is 5.69 Å². The molecule has 0 radical (unpaired) electrons. The summed E-state index contributed by atoms with van der Waals surface area (Å²) >= 11 is 6.11. The van der Waals surface area contributed by atoms with E-state index in [1.54, 1.807) is 6.20 Å². The summed E-state index contributed by atoms with van der Waals surface area (Å²) in [5.41, 5.74) is 0.416. The monoisotopic (exact) mass is 285 g/mol. The molecular formula is C14H24ClN3O. The minimum absolute atomic E-state index is 0.218. The second-order valence-corrected chi connectivity index (χ2v) is 5.57. The Balaban J connectivity index is 2.80. The van der Waals surface area contributed by atoms with Crippen LogP contribution in [0.1, 0.15) is 47.0 Å². The first-order chi connectivity index (χ1) is 8.99. The maximum absolute atomic E-state index is 12.0. The van der Waals surface area contributed by atoms with E-state index in [4.69, 9.17) is 11.6 Å². The van der Waals surface area contributed by atoms with Gasteiger partial charge in [0.05, 0.1) is 11.9 Å². The van der Waals surface area contributed by atoms with E-state index in [0.29, 0.717) is 18.2 Å². The highest BCUT2D eigenvalue weighted by molar-refractivity contribution is 6.32. The Labute approximate surface area is 120 Å². The molecule has 2 atom stereocenters. The Kier molecular flexibility index (Phi) is 6.35. The standard InChI is InChI=1S/C14H24ClN3O/c1-5-7-18-14(19)13(15)12(9-16-18)17-11(4)8-10(3)6-2/h9-11,17H,5-8H2,1-4H3. The third-order valence-electron chi connectivity index (χ3n) is 3.28. The Bertz CT molecular complexity index is 458. The summed E-state index contributed by atoms with van der Waals surface area (Å²) in [6, 6.07) is 0.274. The minimum Gasteiger partial charge on any atom is -0.380 e. The molecular weight excluding hydrogens is 262 g/mol. The molecule has 1 aromatic heterocycles. The van der Waals surface area contributed by atoms with Gasteiger partial charge in [-0.15, -0.1) is 0 Å². The molecule has 4 nitrogen and oxygen atoms in total. The van der Waals surface area contributed by atoms with Gasteiger partial charge in [0.25, 0.3) is 5.56 Å². The molecule has 0 aliphatic heterocycles. The fourth-order valence-corrected chi connectivity index (χ4v) is 2.23. The van der Waals surface area contributed by atoms with Crippen LogP contribution in [0.25, 0.3) is 0 Å². The molecule has 108 valence electrons. The summed E-state index contributed by atoms with van der Waals surface area (Å²) in [4.78, 5) is 12.0. The molecule has 5 heteroatoms. The smallest absolute Gasteiger partial charge is 0.287 e. The molecule has 0 saturated heterocycles. The fourth-order valence-electron chi connectivity index (χ4n) is 2.03. The summed E-state index contributed by atoms with van der Waals surface area (Å²) in [6.07, 6.45) is 4.70. The molecule has 1 rings (SSSR count). The number of halogens is 1. The van der Waals surface area contributed by atoms with Gasteiger partial charge in [0.1, 0.15) is 5.02 Å². The predicted octanol–water partition coefficient (Wildman–Crippen LogP) is 3.54. The topological polar surface area (TPSA) is 46.9 Å². The van der Waals surface area contributed by atoms with Crippen LogP contribution in [0.5, 0.6) is 0 Å². The number of nitrogens with one attached hydrogen (secondary N) is 1. The Morgan fingerprint density at radius 3 is 2.68 bits per heavy atom. The normalized spacial score (nSPS) is 14.2. The van der Waals surface area contributed by atoms with Crippen molar-refractivity contribution in [3.8, 4) is 0 Å². The van der Waals surface area contributed by atoms with E-state index in [1.807, 2.05) is 6.92 Å². The van der Waals surface area contributed by atoms with Crippen molar-refractivity contribution in [2.45, 2.75) is 59.5 Å². The lowest BCUT2D eigenvalue weighted by atomic mass is 10.0. The lowest BCUT2D eigenvalue weighted by molar-refractivity contribution is 0.483. The first-order valence-corrected chi connectivity index (χ1v) is 7.39. The maximum Gasteiger partial charge on any atom is 0.287 e. The van der Waals surface area contributed by atoms with E-state index in [-0.39, 0.29) is 16.6 Å². The van der Waals surface area contributed by atoms with Crippen LogP contribution in [-0.4, -0.2) is 15.8 Å². The quantitative estimate of drug-likeness (QED) is 0.833. The fraction of sp³-hybridized carbons (Fsp3) is 0.714. The molecule has 0 spiro atoms. The van der Waals surface area contributed by atoms with E-state index in [9.17, 15) is 4.79 Å². The van der Waals surface area contributed by atoms with Gasteiger partial charge in [-0.2, -0.15) is 5.10 Å². The van der Waals surface area contributed by atoms with Gasteiger partial charge in [0.15, 0.2) is 0 Å². The molecule has 1 aromatic rings. The molecule has 0 aromatic carbocycles. The Morgan fingerprint density at radius 2 is 2.11 bits per heavy atom. The second kappa shape index (κ2) is 7.53. The molecule has 0 aliphatic rings. The van der Waals surface area contributed by atoms with Crippen LogP contribution in [0.2, 0.25) is 5.02 Å². The van der Waals surface area contributed by atoms with Crippen molar-refractivity contribution >= 4 is 17.3 Å². The van der Waals surface area contributed by atoms with E-state index < -0.39 is 0 Å². The van der Waals surface area contributed by atoms with Crippen molar-refractivity contribution < 1.29 is 0 Å². The van der Waals surface area contributed by atoms with Gasteiger partial charge in [0, 0.05) is 12.6 Å². The summed E-state index contributed by atoms with van der Waals surface area (Å²) in [7, 11) is 0. The summed E-state index contributed by atoms with van der Waals surface area (Å²) < 4.78 is 1.41. The number of nitrogens with zero attached hydrogens (tertiary/aromatic N) is 2. The molecule has 1 N–H and O–H groups in total. The molecule has 1 heterocycles. The second-order valence-electron chi connectivity index (χ2n) is 5.20. The zero-order valence-corrected chi connectivity index (χ0v) is 13.0. The Morgan fingerprint density at radius 1 is 1.42 bits per heavy atom. The van der Waals surface area contributed by atoms with Gasteiger partial charge in [-0.3, -0.25) is 4.79 Å². The average Bonchev–Trinajstić information content (AvgIpc) is 2.38. The van der Waals surface area contributed by atoms with Crippen molar-refractivity contribution in [1.29, 1.82) is 0 Å². The number of hydrogen-bond donors (Lipinski definition) is 1. The van der Waals surface area contributed by atoms with E-state index in [0.717, 1.165) is 19.3 Å². The molecule has 2 unspecified atom stereocenters. The number of rotatable bonds is 7. The summed E-state index contributed by atoms with van der Waals surface area (Å²) in [6.45, 7) is 9.10. The zero-order chi connectivity index (χ0) is 14.4. The molecule has 0 bridgehead atoms. The highest BCUT2D eigenvalue weighted by Crippen LogP contribution is 2.19. The number of aryl methyl sites for hydroxylation is 1. The summed E-state index contributed by atoms with van der Waals surface area (Å²) in [5, 5.41) is 7.65. The first-order valence-electron chi connectivity index (χ1n) is 7.01. The van der Waals surface area contributed by atoms with E-state index >= 15 is 0 Å². The predicted molar refractivity (Wildman–Crippen MR) is 81.0 cm³/mol. The molecule has 0 aliphatic carbocycles. The van der Waals surface area contributed by atoms with Gasteiger partial charge in [-0.05, 0) is 25.7 Å². The van der Waals surface area contributed by atoms with Crippen LogP contribution >= 0.6 is 11.6 Å². The lowest BCUT2D eigenvalue weighted by Crippen LogP contribution is -2.26. The number of anilines is 1. The largest absolute Gasteiger partial charge is 0.380 e. The van der Waals surface area contributed by atoms with Gasteiger partial charge in [-0.1, -0.05) is 38.8 Å². The highest BCUT2D eigenvalue weighted by atomic mass is 35.5. The minimum atomic E-state index is -0.218. The lowest BCUT2D eigenvalue weighted by Gasteiger charge is -2.19.